The normalized spacial score (nSPS) is 13.8. The molecule has 1 aliphatic rings. The predicted molar refractivity (Wildman–Crippen MR) is 121 cm³/mol. The second-order valence-electron chi connectivity index (χ2n) is 7.61. The van der Waals surface area contributed by atoms with E-state index in [0.29, 0.717) is 33.9 Å². The summed E-state index contributed by atoms with van der Waals surface area (Å²) in [6, 6.07) is 17.5. The van der Waals surface area contributed by atoms with E-state index in [2.05, 4.69) is 11.1 Å². The number of rotatable bonds is 6. The van der Waals surface area contributed by atoms with Crippen molar-refractivity contribution in [1.82, 2.24) is 14.3 Å². The van der Waals surface area contributed by atoms with Crippen LogP contribution in [0.3, 0.4) is 0 Å². The number of nitrogens with zero attached hydrogens (tertiary/aromatic N) is 4. The van der Waals surface area contributed by atoms with Crippen molar-refractivity contribution in [2.24, 2.45) is 0 Å². The van der Waals surface area contributed by atoms with Gasteiger partial charge in [-0.1, -0.05) is 23.7 Å². The first-order valence-electron chi connectivity index (χ1n) is 10.3. The Kier molecular flexibility index (Phi) is 5.29. The molecule has 1 atom stereocenters. The van der Waals surface area contributed by atoms with Crippen molar-refractivity contribution in [2.75, 3.05) is 6.54 Å². The monoisotopic (exact) mass is 456 g/mol. The Hall–Kier alpha value is -4.15. The zero-order chi connectivity index (χ0) is 22.9. The van der Waals surface area contributed by atoms with Gasteiger partial charge >= 0.3 is 0 Å². The van der Waals surface area contributed by atoms with Gasteiger partial charge < -0.3 is 9.14 Å². The zero-order valence-electron chi connectivity index (χ0n) is 17.3. The molecule has 0 radical (unpaired) electrons. The van der Waals surface area contributed by atoms with E-state index in [-0.39, 0.29) is 18.4 Å². The number of imidazole rings is 1. The maximum absolute atomic E-state index is 12.8. The number of carbonyl (C=O) groups excluding carboxylic acids is 2. The average Bonchev–Trinajstić information content (AvgIpc) is 3.39. The predicted octanol–water partition coefficient (Wildman–Crippen LogP) is 4.67. The van der Waals surface area contributed by atoms with Crippen molar-refractivity contribution in [3.63, 3.8) is 0 Å². The molecule has 33 heavy (non-hydrogen) atoms. The lowest BCUT2D eigenvalue weighted by Crippen LogP contribution is -2.32. The number of ether oxygens (including phenoxy) is 1. The third-order valence-electron chi connectivity index (χ3n) is 5.62. The summed E-state index contributed by atoms with van der Waals surface area (Å²) in [6.07, 6.45) is 5.15. The first-order valence-corrected chi connectivity index (χ1v) is 10.7. The number of benzene rings is 2. The van der Waals surface area contributed by atoms with Crippen molar-refractivity contribution in [3.8, 4) is 11.8 Å². The Bertz CT molecular complexity index is 1400. The van der Waals surface area contributed by atoms with Gasteiger partial charge in [0, 0.05) is 42.6 Å². The molecule has 5 rings (SSSR count). The van der Waals surface area contributed by atoms with E-state index in [1.165, 1.54) is 4.90 Å². The van der Waals surface area contributed by atoms with Crippen molar-refractivity contribution in [1.29, 1.82) is 5.26 Å². The number of imide groups is 1. The van der Waals surface area contributed by atoms with Crippen LogP contribution in [0, 0.1) is 11.3 Å². The molecule has 0 bridgehead atoms. The first kappa shape index (κ1) is 20.7. The minimum atomic E-state index is -0.554. The third kappa shape index (κ3) is 3.81. The van der Waals surface area contributed by atoms with Crippen LogP contribution in [0.4, 0.5) is 0 Å². The highest BCUT2D eigenvalue weighted by Crippen LogP contribution is 2.31. The molecule has 1 unspecified atom stereocenters. The van der Waals surface area contributed by atoms with Gasteiger partial charge in [0.1, 0.15) is 23.6 Å². The van der Waals surface area contributed by atoms with E-state index >= 15 is 0 Å². The van der Waals surface area contributed by atoms with Crippen molar-refractivity contribution in [2.45, 2.75) is 12.5 Å². The molecule has 0 aliphatic carbocycles. The van der Waals surface area contributed by atoms with E-state index in [1.54, 1.807) is 48.7 Å². The fraction of sp³-hybridized carbons (Fsp3) is 0.120. The van der Waals surface area contributed by atoms with Gasteiger partial charge in [0.2, 0.25) is 0 Å². The number of halogens is 1. The molecule has 3 heterocycles. The molecular formula is C25H17ClN4O3. The number of carbonyl (C=O) groups is 2. The van der Waals surface area contributed by atoms with Crippen LogP contribution in [0.25, 0.3) is 5.65 Å². The summed E-state index contributed by atoms with van der Waals surface area (Å²) in [4.78, 5) is 31.1. The second-order valence-corrected chi connectivity index (χ2v) is 8.04. The number of hydrogen-bond donors (Lipinski definition) is 0. The average molecular weight is 457 g/mol. The van der Waals surface area contributed by atoms with E-state index in [9.17, 15) is 14.9 Å². The molecule has 2 aromatic heterocycles. The number of nitriles is 1. The second kappa shape index (κ2) is 8.41. The van der Waals surface area contributed by atoms with Gasteiger partial charge in [-0.2, -0.15) is 5.26 Å². The number of aromatic nitrogens is 2. The third-order valence-corrected chi connectivity index (χ3v) is 5.86. The standard InChI is InChI=1S/C25H17ClN4O3/c26-18-6-5-17(15-27)22(14-18)33-21(16-7-10-29-12-9-28-23(29)13-16)8-11-30-24(31)19-3-1-2-4-20(19)25(30)32/h1-7,9-10,12-14,21H,8,11H2. The molecule has 0 fully saturated rings. The molecule has 0 saturated heterocycles. The van der Waals surface area contributed by atoms with Crippen molar-refractivity contribution < 1.29 is 14.3 Å². The Balaban J connectivity index is 1.46. The Morgan fingerprint density at radius 1 is 1.03 bits per heavy atom. The van der Waals surface area contributed by atoms with Crippen LogP contribution in [0.5, 0.6) is 5.75 Å². The minimum absolute atomic E-state index is 0.152. The maximum Gasteiger partial charge on any atom is 0.261 e. The van der Waals surface area contributed by atoms with Gasteiger partial charge in [-0.25, -0.2) is 4.98 Å². The van der Waals surface area contributed by atoms with Gasteiger partial charge in [0.05, 0.1) is 16.7 Å². The highest BCUT2D eigenvalue weighted by molar-refractivity contribution is 6.30. The summed E-state index contributed by atoms with van der Waals surface area (Å²) in [6.45, 7) is 0.152. The van der Waals surface area contributed by atoms with Gasteiger partial charge in [-0.3, -0.25) is 14.5 Å². The van der Waals surface area contributed by atoms with Crippen LogP contribution >= 0.6 is 11.6 Å². The van der Waals surface area contributed by atoms with E-state index in [1.807, 2.05) is 28.9 Å². The molecule has 8 heteroatoms. The Morgan fingerprint density at radius 3 is 2.52 bits per heavy atom. The van der Waals surface area contributed by atoms with Crippen LogP contribution in [0.1, 0.15) is 44.4 Å². The summed E-state index contributed by atoms with van der Waals surface area (Å²) in [5.74, 6) is -0.308. The van der Waals surface area contributed by atoms with E-state index < -0.39 is 6.10 Å². The fourth-order valence-corrected chi connectivity index (χ4v) is 4.11. The van der Waals surface area contributed by atoms with Gasteiger partial charge in [-0.05, 0) is 42.0 Å². The highest BCUT2D eigenvalue weighted by atomic mass is 35.5. The Labute approximate surface area is 194 Å². The lowest BCUT2D eigenvalue weighted by atomic mass is 10.1. The van der Waals surface area contributed by atoms with Crippen molar-refractivity contribution >= 4 is 29.1 Å². The quantitative estimate of drug-likeness (QED) is 0.393. The zero-order valence-corrected chi connectivity index (χ0v) is 18.1. The van der Waals surface area contributed by atoms with E-state index in [4.69, 9.17) is 16.3 Å². The van der Waals surface area contributed by atoms with Crippen LogP contribution in [0.15, 0.2) is 73.2 Å². The van der Waals surface area contributed by atoms with Gasteiger partial charge in [0.15, 0.2) is 0 Å². The summed E-state index contributed by atoms with van der Waals surface area (Å²) in [7, 11) is 0. The maximum atomic E-state index is 12.8. The van der Waals surface area contributed by atoms with E-state index in [0.717, 1.165) is 11.2 Å². The highest BCUT2D eigenvalue weighted by Gasteiger charge is 2.35. The lowest BCUT2D eigenvalue weighted by Gasteiger charge is -2.23. The topological polar surface area (TPSA) is 87.7 Å². The fourth-order valence-electron chi connectivity index (χ4n) is 3.95. The molecular weight excluding hydrogens is 440 g/mol. The van der Waals surface area contributed by atoms with Crippen LogP contribution in [0.2, 0.25) is 5.02 Å². The van der Waals surface area contributed by atoms with Crippen LogP contribution in [-0.4, -0.2) is 32.6 Å². The molecule has 0 N–H and O–H groups in total. The molecule has 7 nitrogen and oxygen atoms in total. The SMILES string of the molecule is N#Cc1ccc(Cl)cc1OC(CCN1C(=O)c2ccccc2C1=O)c1ccn2ccnc2c1. The largest absolute Gasteiger partial charge is 0.484 e. The number of amides is 2. The molecule has 162 valence electrons. The number of hydrogen-bond acceptors (Lipinski definition) is 5. The minimum Gasteiger partial charge on any atom is -0.484 e. The smallest absolute Gasteiger partial charge is 0.261 e. The number of fused-ring (bicyclic) bond motifs is 2. The molecule has 1 aliphatic heterocycles. The summed E-state index contributed by atoms with van der Waals surface area (Å²) < 4.78 is 8.11. The summed E-state index contributed by atoms with van der Waals surface area (Å²) in [5, 5.41) is 9.93. The lowest BCUT2D eigenvalue weighted by molar-refractivity contribution is 0.0629. The Morgan fingerprint density at radius 2 is 1.79 bits per heavy atom. The molecule has 2 aromatic carbocycles. The molecule has 2 amide bonds. The number of pyridine rings is 1. The first-order chi connectivity index (χ1) is 16.0. The van der Waals surface area contributed by atoms with Gasteiger partial charge in [-0.15, -0.1) is 0 Å². The van der Waals surface area contributed by atoms with Gasteiger partial charge in [0.25, 0.3) is 11.8 Å². The summed E-state index contributed by atoms with van der Waals surface area (Å²) in [5.41, 5.74) is 2.68. The van der Waals surface area contributed by atoms with Crippen LogP contribution in [-0.2, 0) is 0 Å². The molecule has 0 spiro atoms. The molecule has 0 saturated carbocycles. The van der Waals surface area contributed by atoms with Crippen molar-refractivity contribution in [3.05, 3.63) is 100 Å². The molecule has 4 aromatic rings. The summed E-state index contributed by atoms with van der Waals surface area (Å²) >= 11 is 6.14. The van der Waals surface area contributed by atoms with Crippen LogP contribution < -0.4 is 4.74 Å².